The van der Waals surface area contributed by atoms with Gasteiger partial charge in [0, 0.05) is 0 Å². The van der Waals surface area contributed by atoms with Crippen molar-refractivity contribution in [3.05, 3.63) is 12.1 Å². The Balaban J connectivity index is 3.82. The number of hydrogen-bond acceptors (Lipinski definition) is 0. The van der Waals surface area contributed by atoms with Crippen LogP contribution in [0.2, 0.25) is 6.82 Å². The highest BCUT2D eigenvalue weighted by Gasteiger charge is 2.11. The summed E-state index contributed by atoms with van der Waals surface area (Å²) in [7, 11) is 1.10. The fourth-order valence-electron chi connectivity index (χ4n) is 0.530. The van der Waals surface area contributed by atoms with E-state index in [9.17, 15) is 0 Å². The van der Waals surface area contributed by atoms with E-state index >= 15 is 0 Å². The summed E-state index contributed by atoms with van der Waals surface area (Å²) in [6, 6.07) is 0. The molecule has 0 bridgehead atoms. The Morgan fingerprint density at radius 3 is 1.75 bits per heavy atom. The molecule has 0 nitrogen and oxygen atoms in total. The summed E-state index contributed by atoms with van der Waals surface area (Å²) in [5.41, 5.74) is 1.65. The molecule has 0 aliphatic carbocycles. The van der Waals surface area contributed by atoms with Crippen molar-refractivity contribution in [1.29, 1.82) is 0 Å². The predicted molar refractivity (Wildman–Crippen MR) is 41.6 cm³/mol. The summed E-state index contributed by atoms with van der Waals surface area (Å²) in [6.45, 7) is 12.7. The summed E-state index contributed by atoms with van der Waals surface area (Å²) >= 11 is 0. The van der Waals surface area contributed by atoms with Gasteiger partial charge < -0.3 is 0 Å². The maximum absolute atomic E-state index is 3.94. The number of allylic oxidation sites excluding steroid dienone is 1. The summed E-state index contributed by atoms with van der Waals surface area (Å²) in [4.78, 5) is 0. The van der Waals surface area contributed by atoms with E-state index in [1.165, 1.54) is 5.47 Å². The van der Waals surface area contributed by atoms with Gasteiger partial charge in [0.2, 0.25) is 0 Å². The van der Waals surface area contributed by atoms with Gasteiger partial charge in [-0.05, 0) is 5.41 Å². The zero-order chi connectivity index (χ0) is 6.78. The van der Waals surface area contributed by atoms with E-state index in [2.05, 4.69) is 34.2 Å². The molecule has 0 aliphatic rings. The maximum Gasteiger partial charge on any atom is 0.149 e. The molecule has 0 heterocycles. The highest BCUT2D eigenvalue weighted by Crippen LogP contribution is 2.21. The average molecular weight is 110 g/mol. The van der Waals surface area contributed by atoms with Crippen molar-refractivity contribution >= 4 is 7.28 Å². The van der Waals surface area contributed by atoms with E-state index in [1.54, 1.807) is 0 Å². The van der Waals surface area contributed by atoms with Crippen molar-refractivity contribution in [2.45, 2.75) is 27.6 Å². The standard InChI is InChI=1S/C7H15B/c1-6(8-5)7(2,3)4/h8H,1H2,2-5H3. The molecule has 0 aromatic rings. The monoisotopic (exact) mass is 110 g/mol. The van der Waals surface area contributed by atoms with Gasteiger partial charge in [0.25, 0.3) is 0 Å². The minimum absolute atomic E-state index is 0.314. The minimum Gasteiger partial charge on any atom is -0.108 e. The lowest BCUT2D eigenvalue weighted by Crippen LogP contribution is -2.11. The van der Waals surface area contributed by atoms with E-state index in [0.29, 0.717) is 5.41 Å². The Bertz CT molecular complexity index is 87.1. The Hall–Kier alpha value is -0.195. The number of rotatable bonds is 1. The second kappa shape index (κ2) is 2.39. The first-order valence-electron chi connectivity index (χ1n) is 3.16. The van der Waals surface area contributed by atoms with Crippen LogP contribution >= 0.6 is 0 Å². The topological polar surface area (TPSA) is 0 Å². The molecule has 0 atom stereocenters. The first kappa shape index (κ1) is 7.80. The van der Waals surface area contributed by atoms with Crippen molar-refractivity contribution in [3.8, 4) is 0 Å². The first-order chi connectivity index (χ1) is 3.48. The SMILES string of the molecule is C=C(BC)C(C)(C)C. The molecule has 0 aliphatic heterocycles. The van der Waals surface area contributed by atoms with E-state index < -0.39 is 0 Å². The maximum atomic E-state index is 3.94. The minimum atomic E-state index is 0.314. The fourth-order valence-corrected chi connectivity index (χ4v) is 0.530. The lowest BCUT2D eigenvalue weighted by Gasteiger charge is -2.19. The van der Waals surface area contributed by atoms with Gasteiger partial charge in [-0.3, -0.25) is 0 Å². The summed E-state index contributed by atoms with van der Waals surface area (Å²) in [5.74, 6) is 0. The molecule has 0 saturated carbocycles. The van der Waals surface area contributed by atoms with Crippen LogP contribution in [0.4, 0.5) is 0 Å². The molecule has 8 heavy (non-hydrogen) atoms. The third-order valence-corrected chi connectivity index (χ3v) is 1.49. The van der Waals surface area contributed by atoms with E-state index in [-0.39, 0.29) is 0 Å². The molecule has 46 valence electrons. The summed E-state index contributed by atoms with van der Waals surface area (Å²) < 4.78 is 0. The van der Waals surface area contributed by atoms with Crippen LogP contribution in [0.15, 0.2) is 12.1 Å². The molecule has 0 N–H and O–H groups in total. The van der Waals surface area contributed by atoms with Gasteiger partial charge in [0.05, 0.1) is 0 Å². The van der Waals surface area contributed by atoms with Crippen LogP contribution in [0.3, 0.4) is 0 Å². The van der Waals surface area contributed by atoms with Crippen LogP contribution in [-0.2, 0) is 0 Å². The van der Waals surface area contributed by atoms with Gasteiger partial charge in [-0.25, -0.2) is 0 Å². The van der Waals surface area contributed by atoms with Crippen LogP contribution in [0, 0.1) is 5.41 Å². The van der Waals surface area contributed by atoms with Gasteiger partial charge in [0.1, 0.15) is 7.28 Å². The lowest BCUT2D eigenvalue weighted by atomic mass is 9.62. The molecule has 1 heteroatoms. The van der Waals surface area contributed by atoms with Gasteiger partial charge in [-0.1, -0.05) is 27.6 Å². The van der Waals surface area contributed by atoms with Gasteiger partial charge in [-0.15, -0.1) is 12.1 Å². The largest absolute Gasteiger partial charge is 0.149 e. The van der Waals surface area contributed by atoms with Crippen LogP contribution in [-0.4, -0.2) is 7.28 Å². The highest BCUT2D eigenvalue weighted by atomic mass is 14.1. The van der Waals surface area contributed by atoms with Crippen LogP contribution in [0.5, 0.6) is 0 Å². The molecule has 0 aromatic carbocycles. The average Bonchev–Trinajstić information content (AvgIpc) is 1.62. The van der Waals surface area contributed by atoms with Crippen molar-refractivity contribution in [1.82, 2.24) is 0 Å². The highest BCUT2D eigenvalue weighted by molar-refractivity contribution is 6.43. The van der Waals surface area contributed by atoms with Gasteiger partial charge in [-0.2, -0.15) is 0 Å². The van der Waals surface area contributed by atoms with E-state index in [0.717, 1.165) is 7.28 Å². The van der Waals surface area contributed by atoms with E-state index in [1.807, 2.05) is 0 Å². The quantitative estimate of drug-likeness (QED) is 0.453. The normalized spacial score (nSPS) is 11.0. The lowest BCUT2D eigenvalue weighted by molar-refractivity contribution is 0.531. The fraction of sp³-hybridized carbons (Fsp3) is 0.714. The molecule has 0 rings (SSSR count). The van der Waals surface area contributed by atoms with Gasteiger partial charge >= 0.3 is 0 Å². The Labute approximate surface area is 53.2 Å². The molecular formula is C7H15B. The number of hydrogen-bond donors (Lipinski definition) is 0. The zero-order valence-electron chi connectivity index (χ0n) is 6.41. The Kier molecular flexibility index (Phi) is 2.33. The van der Waals surface area contributed by atoms with Crippen molar-refractivity contribution in [3.63, 3.8) is 0 Å². The molecule has 0 amide bonds. The van der Waals surface area contributed by atoms with Crippen LogP contribution in [0.1, 0.15) is 20.8 Å². The Morgan fingerprint density at radius 2 is 1.75 bits per heavy atom. The molecule has 0 unspecified atom stereocenters. The smallest absolute Gasteiger partial charge is 0.108 e. The van der Waals surface area contributed by atoms with Crippen LogP contribution < -0.4 is 0 Å². The second-order valence-electron chi connectivity index (χ2n) is 3.21. The zero-order valence-corrected chi connectivity index (χ0v) is 6.41. The molecule has 0 aromatic heterocycles. The summed E-state index contributed by atoms with van der Waals surface area (Å²) in [6.07, 6.45) is 0. The molecule has 0 radical (unpaired) electrons. The van der Waals surface area contributed by atoms with Crippen molar-refractivity contribution in [2.24, 2.45) is 5.41 Å². The van der Waals surface area contributed by atoms with Gasteiger partial charge in [0.15, 0.2) is 0 Å². The van der Waals surface area contributed by atoms with Crippen molar-refractivity contribution < 1.29 is 0 Å². The third kappa shape index (κ3) is 2.20. The van der Waals surface area contributed by atoms with E-state index in [4.69, 9.17) is 0 Å². The second-order valence-corrected chi connectivity index (χ2v) is 3.21. The van der Waals surface area contributed by atoms with Crippen LogP contribution in [0.25, 0.3) is 0 Å². The third-order valence-electron chi connectivity index (χ3n) is 1.49. The molecule has 0 saturated heterocycles. The van der Waals surface area contributed by atoms with Crippen molar-refractivity contribution in [2.75, 3.05) is 0 Å². The molecule has 0 fully saturated rings. The summed E-state index contributed by atoms with van der Waals surface area (Å²) in [5, 5.41) is 0. The first-order valence-corrected chi connectivity index (χ1v) is 3.16. The molecule has 0 spiro atoms. The predicted octanol–water partition coefficient (Wildman–Crippen LogP) is 2.03. The Morgan fingerprint density at radius 1 is 1.38 bits per heavy atom. The molecular weight excluding hydrogens is 94.9 g/mol.